The second-order valence-electron chi connectivity index (χ2n) is 4.50. The zero-order valence-corrected chi connectivity index (χ0v) is 11.5. The molecule has 2 rings (SSSR count). The Morgan fingerprint density at radius 3 is 2.59 bits per heavy atom. The Labute approximate surface area is 125 Å². The summed E-state index contributed by atoms with van der Waals surface area (Å²) in [7, 11) is 0. The molecule has 7 heteroatoms. The minimum absolute atomic E-state index is 0.0404. The maximum Gasteiger partial charge on any atom is 0.342 e. The number of aromatic hydroxyl groups is 1. The predicted octanol–water partition coefficient (Wildman–Crippen LogP) is 0.304. The SMILES string of the molecule is NC(=O)CNC(=O)COC(=O)c1ccc2ccccc2c1O. The normalized spacial score (nSPS) is 10.2. The van der Waals surface area contributed by atoms with E-state index in [0.717, 1.165) is 5.39 Å². The van der Waals surface area contributed by atoms with Gasteiger partial charge in [0.1, 0.15) is 11.3 Å². The fourth-order valence-corrected chi connectivity index (χ4v) is 1.87. The Balaban J connectivity index is 2.05. The van der Waals surface area contributed by atoms with Crippen LogP contribution in [0.25, 0.3) is 10.8 Å². The van der Waals surface area contributed by atoms with Crippen LogP contribution in [0, 0.1) is 0 Å². The minimum Gasteiger partial charge on any atom is -0.506 e. The van der Waals surface area contributed by atoms with Gasteiger partial charge >= 0.3 is 5.97 Å². The fourth-order valence-electron chi connectivity index (χ4n) is 1.87. The molecule has 2 amide bonds. The van der Waals surface area contributed by atoms with Gasteiger partial charge in [0.2, 0.25) is 5.91 Å². The number of primary amides is 1. The van der Waals surface area contributed by atoms with Crippen molar-refractivity contribution in [2.75, 3.05) is 13.2 Å². The maximum absolute atomic E-state index is 11.9. The lowest BCUT2D eigenvalue weighted by atomic mass is 10.1. The van der Waals surface area contributed by atoms with Gasteiger partial charge in [-0.1, -0.05) is 30.3 Å². The number of ether oxygens (including phenoxy) is 1. The van der Waals surface area contributed by atoms with Gasteiger partial charge in [-0.2, -0.15) is 0 Å². The zero-order valence-electron chi connectivity index (χ0n) is 11.5. The largest absolute Gasteiger partial charge is 0.506 e. The monoisotopic (exact) mass is 302 g/mol. The first-order chi connectivity index (χ1) is 10.5. The summed E-state index contributed by atoms with van der Waals surface area (Å²) in [5.41, 5.74) is 4.83. The van der Waals surface area contributed by atoms with Gasteiger partial charge in [-0.15, -0.1) is 0 Å². The molecule has 0 saturated heterocycles. The number of benzene rings is 2. The number of rotatable bonds is 5. The Bertz CT molecular complexity index is 742. The number of fused-ring (bicyclic) bond motifs is 1. The molecule has 0 heterocycles. The van der Waals surface area contributed by atoms with E-state index in [2.05, 4.69) is 5.32 Å². The number of amides is 2. The van der Waals surface area contributed by atoms with Crippen LogP contribution in [0.1, 0.15) is 10.4 Å². The van der Waals surface area contributed by atoms with Crippen LogP contribution < -0.4 is 11.1 Å². The molecular weight excluding hydrogens is 288 g/mol. The first-order valence-electron chi connectivity index (χ1n) is 6.42. The second kappa shape index (κ2) is 6.57. The van der Waals surface area contributed by atoms with Crippen LogP contribution in [0.2, 0.25) is 0 Å². The molecule has 0 unspecified atom stereocenters. The molecule has 0 aromatic heterocycles. The maximum atomic E-state index is 11.9. The fraction of sp³-hybridized carbons (Fsp3) is 0.133. The van der Waals surface area contributed by atoms with E-state index in [1.54, 1.807) is 24.3 Å². The van der Waals surface area contributed by atoms with Crippen molar-refractivity contribution in [2.24, 2.45) is 5.73 Å². The molecule has 0 aliphatic heterocycles. The number of hydrogen-bond acceptors (Lipinski definition) is 5. The minimum atomic E-state index is -0.836. The van der Waals surface area contributed by atoms with Crippen LogP contribution in [0.5, 0.6) is 5.75 Å². The van der Waals surface area contributed by atoms with Gasteiger partial charge in [0.05, 0.1) is 6.54 Å². The summed E-state index contributed by atoms with van der Waals surface area (Å²) >= 11 is 0. The number of phenolic OH excluding ortho intramolecular Hbond substituents is 1. The number of phenols is 1. The highest BCUT2D eigenvalue weighted by atomic mass is 16.5. The van der Waals surface area contributed by atoms with Gasteiger partial charge in [0.25, 0.3) is 5.91 Å². The second-order valence-corrected chi connectivity index (χ2v) is 4.50. The summed E-state index contributed by atoms with van der Waals surface area (Å²) < 4.78 is 4.79. The topological polar surface area (TPSA) is 119 Å². The van der Waals surface area contributed by atoms with Crippen molar-refractivity contribution in [1.82, 2.24) is 5.32 Å². The highest BCUT2D eigenvalue weighted by Crippen LogP contribution is 2.28. The van der Waals surface area contributed by atoms with E-state index < -0.39 is 24.4 Å². The van der Waals surface area contributed by atoms with E-state index in [9.17, 15) is 19.5 Å². The Morgan fingerprint density at radius 1 is 1.14 bits per heavy atom. The molecule has 2 aromatic carbocycles. The van der Waals surface area contributed by atoms with Crippen LogP contribution in [0.3, 0.4) is 0 Å². The van der Waals surface area contributed by atoms with Gasteiger partial charge in [0.15, 0.2) is 6.61 Å². The van der Waals surface area contributed by atoms with Crippen LogP contribution in [0.15, 0.2) is 36.4 Å². The molecule has 0 aliphatic rings. The van der Waals surface area contributed by atoms with E-state index >= 15 is 0 Å². The van der Waals surface area contributed by atoms with E-state index in [0.29, 0.717) is 5.39 Å². The quantitative estimate of drug-likeness (QED) is 0.686. The van der Waals surface area contributed by atoms with E-state index in [1.165, 1.54) is 6.07 Å². The Hall–Kier alpha value is -3.09. The molecule has 2 aromatic rings. The lowest BCUT2D eigenvalue weighted by molar-refractivity contribution is -0.127. The van der Waals surface area contributed by atoms with Gasteiger partial charge in [-0.25, -0.2) is 4.79 Å². The third-order valence-corrected chi connectivity index (χ3v) is 2.91. The first-order valence-corrected chi connectivity index (χ1v) is 6.42. The first kappa shape index (κ1) is 15.3. The molecule has 0 spiro atoms. The zero-order chi connectivity index (χ0) is 16.1. The highest BCUT2D eigenvalue weighted by Gasteiger charge is 2.16. The molecule has 0 radical (unpaired) electrons. The number of nitrogens with one attached hydrogen (secondary N) is 1. The van der Waals surface area contributed by atoms with Crippen molar-refractivity contribution in [2.45, 2.75) is 0 Å². The number of hydrogen-bond donors (Lipinski definition) is 3. The van der Waals surface area contributed by atoms with Gasteiger partial charge in [0, 0.05) is 5.39 Å². The molecular formula is C15H14N2O5. The van der Waals surface area contributed by atoms with Crippen LogP contribution in [0.4, 0.5) is 0 Å². The number of esters is 1. The van der Waals surface area contributed by atoms with Crippen LogP contribution in [-0.2, 0) is 14.3 Å². The predicted molar refractivity (Wildman–Crippen MR) is 78.1 cm³/mol. The van der Waals surface area contributed by atoms with Crippen molar-refractivity contribution in [1.29, 1.82) is 0 Å². The van der Waals surface area contributed by atoms with Gasteiger partial charge in [-0.3, -0.25) is 9.59 Å². The molecule has 0 atom stereocenters. The average molecular weight is 302 g/mol. The molecule has 0 aliphatic carbocycles. The van der Waals surface area contributed by atoms with Gasteiger partial charge in [-0.05, 0) is 11.5 Å². The van der Waals surface area contributed by atoms with Crippen molar-refractivity contribution < 1.29 is 24.2 Å². The van der Waals surface area contributed by atoms with E-state index in [4.69, 9.17) is 10.5 Å². The summed E-state index contributed by atoms with van der Waals surface area (Å²) in [5, 5.41) is 13.6. The van der Waals surface area contributed by atoms with Crippen molar-refractivity contribution in [3.8, 4) is 5.75 Å². The molecule has 114 valence electrons. The third kappa shape index (κ3) is 3.51. The third-order valence-electron chi connectivity index (χ3n) is 2.91. The standard InChI is InChI=1S/C15H14N2O5/c16-12(18)7-17-13(19)8-22-15(21)11-6-5-9-3-1-2-4-10(9)14(11)20/h1-6,20H,7-8H2,(H2,16,18)(H,17,19). The number of nitrogens with two attached hydrogens (primary N) is 1. The lowest BCUT2D eigenvalue weighted by Gasteiger charge is -2.08. The Morgan fingerprint density at radius 2 is 1.86 bits per heavy atom. The average Bonchev–Trinajstić information content (AvgIpc) is 2.51. The van der Waals surface area contributed by atoms with Crippen molar-refractivity contribution in [3.05, 3.63) is 42.0 Å². The van der Waals surface area contributed by atoms with E-state index in [-0.39, 0.29) is 17.9 Å². The molecule has 4 N–H and O–H groups in total. The highest BCUT2D eigenvalue weighted by molar-refractivity contribution is 6.01. The smallest absolute Gasteiger partial charge is 0.342 e. The van der Waals surface area contributed by atoms with E-state index in [1.807, 2.05) is 6.07 Å². The summed E-state index contributed by atoms with van der Waals surface area (Å²) in [5.74, 6) is -2.41. The van der Waals surface area contributed by atoms with Crippen molar-refractivity contribution >= 4 is 28.6 Å². The Kier molecular flexibility index (Phi) is 4.57. The van der Waals surface area contributed by atoms with Gasteiger partial charge < -0.3 is 20.9 Å². The molecule has 0 saturated carbocycles. The summed E-state index contributed by atoms with van der Waals surface area (Å²) in [6.45, 7) is -0.907. The van der Waals surface area contributed by atoms with Crippen LogP contribution in [-0.4, -0.2) is 36.0 Å². The summed E-state index contributed by atoms with van der Waals surface area (Å²) in [6, 6.07) is 10.1. The van der Waals surface area contributed by atoms with Crippen LogP contribution >= 0.6 is 0 Å². The lowest BCUT2D eigenvalue weighted by Crippen LogP contribution is -2.35. The molecule has 7 nitrogen and oxygen atoms in total. The molecule has 0 fully saturated rings. The number of carbonyl (C=O) groups excluding carboxylic acids is 3. The molecule has 0 bridgehead atoms. The number of carbonyl (C=O) groups is 3. The summed E-state index contributed by atoms with van der Waals surface area (Å²) in [4.78, 5) is 33.7. The molecule has 22 heavy (non-hydrogen) atoms. The van der Waals surface area contributed by atoms with Crippen molar-refractivity contribution in [3.63, 3.8) is 0 Å². The summed E-state index contributed by atoms with van der Waals surface area (Å²) in [6.07, 6.45) is 0.